The molecule has 1 amide bonds. The highest BCUT2D eigenvalue weighted by atomic mass is 35.5. The summed E-state index contributed by atoms with van der Waals surface area (Å²) in [7, 11) is 0. The molecule has 0 spiro atoms. The van der Waals surface area contributed by atoms with Crippen LogP contribution >= 0.6 is 11.6 Å². The molecule has 0 unspecified atom stereocenters. The highest BCUT2D eigenvalue weighted by molar-refractivity contribution is 6.31. The molecule has 3 rings (SSSR count). The van der Waals surface area contributed by atoms with Crippen LogP contribution in [0.2, 0.25) is 5.02 Å². The number of anilines is 3. The number of nitrogens with zero attached hydrogens (tertiary/aromatic N) is 1. The number of amides is 1. The molecule has 0 aliphatic carbocycles. The quantitative estimate of drug-likeness (QED) is 0.805. The third kappa shape index (κ3) is 4.68. The monoisotopic (exact) mass is 373 g/mol. The molecule has 0 atom stereocenters. The zero-order valence-electron chi connectivity index (χ0n) is 14.9. The van der Waals surface area contributed by atoms with Gasteiger partial charge in [0, 0.05) is 36.8 Å². The first-order valence-corrected chi connectivity index (χ1v) is 9.23. The van der Waals surface area contributed by atoms with E-state index in [2.05, 4.69) is 15.5 Å². The minimum atomic E-state index is -0.0158. The van der Waals surface area contributed by atoms with Crippen LogP contribution < -0.4 is 15.5 Å². The van der Waals surface area contributed by atoms with Gasteiger partial charge in [-0.25, -0.2) is 0 Å². The first-order chi connectivity index (χ1) is 12.6. The number of ether oxygens (including phenoxy) is 1. The molecule has 0 aromatic heterocycles. The van der Waals surface area contributed by atoms with E-state index in [0.29, 0.717) is 26.2 Å². The SMILES string of the molecule is Cc1c(Cl)cccc1NCCC(=O)Nc1ccccc1N1CCOCC1. The van der Waals surface area contributed by atoms with E-state index in [1.54, 1.807) is 0 Å². The zero-order chi connectivity index (χ0) is 18.4. The van der Waals surface area contributed by atoms with E-state index in [0.717, 1.165) is 40.7 Å². The summed E-state index contributed by atoms with van der Waals surface area (Å²) in [5, 5.41) is 7.03. The Balaban J connectivity index is 1.56. The van der Waals surface area contributed by atoms with Crippen molar-refractivity contribution in [1.29, 1.82) is 0 Å². The van der Waals surface area contributed by atoms with Crippen LogP contribution in [-0.2, 0) is 9.53 Å². The number of halogens is 1. The Morgan fingerprint density at radius 1 is 1.12 bits per heavy atom. The van der Waals surface area contributed by atoms with Gasteiger partial charge in [0.25, 0.3) is 0 Å². The van der Waals surface area contributed by atoms with Crippen molar-refractivity contribution in [3.05, 3.63) is 53.1 Å². The summed E-state index contributed by atoms with van der Waals surface area (Å²) in [6.45, 7) is 5.61. The van der Waals surface area contributed by atoms with Crippen molar-refractivity contribution < 1.29 is 9.53 Å². The molecule has 1 aliphatic heterocycles. The largest absolute Gasteiger partial charge is 0.384 e. The van der Waals surface area contributed by atoms with Crippen molar-refractivity contribution in [3.63, 3.8) is 0 Å². The van der Waals surface area contributed by atoms with Gasteiger partial charge in [-0.1, -0.05) is 29.8 Å². The zero-order valence-corrected chi connectivity index (χ0v) is 15.7. The van der Waals surface area contributed by atoms with Crippen LogP contribution in [0.25, 0.3) is 0 Å². The maximum atomic E-state index is 12.4. The summed E-state index contributed by atoms with van der Waals surface area (Å²) < 4.78 is 5.41. The van der Waals surface area contributed by atoms with Gasteiger partial charge in [0.1, 0.15) is 0 Å². The minimum absolute atomic E-state index is 0.0158. The predicted molar refractivity (Wildman–Crippen MR) is 107 cm³/mol. The number of nitrogens with one attached hydrogen (secondary N) is 2. The average Bonchev–Trinajstić information content (AvgIpc) is 2.66. The van der Waals surface area contributed by atoms with Gasteiger partial charge in [0.2, 0.25) is 5.91 Å². The molecule has 0 saturated carbocycles. The smallest absolute Gasteiger partial charge is 0.226 e. The summed E-state index contributed by atoms with van der Waals surface area (Å²) in [5.41, 5.74) is 3.84. The minimum Gasteiger partial charge on any atom is -0.384 e. The average molecular weight is 374 g/mol. The molecule has 26 heavy (non-hydrogen) atoms. The number of benzene rings is 2. The van der Waals surface area contributed by atoms with Gasteiger partial charge in [0.15, 0.2) is 0 Å². The molecular formula is C20H24ClN3O2. The number of morpholine rings is 1. The summed E-state index contributed by atoms with van der Waals surface area (Å²) in [6.07, 6.45) is 0.378. The van der Waals surface area contributed by atoms with Gasteiger partial charge in [-0.15, -0.1) is 0 Å². The lowest BCUT2D eigenvalue weighted by Gasteiger charge is -2.30. The second-order valence-corrected chi connectivity index (χ2v) is 6.66. The standard InChI is InChI=1S/C20H24ClN3O2/c1-15-16(21)5-4-7-17(15)22-10-9-20(25)23-18-6-2-3-8-19(18)24-11-13-26-14-12-24/h2-8,22H,9-14H2,1H3,(H,23,25). The van der Waals surface area contributed by atoms with E-state index >= 15 is 0 Å². The molecule has 1 saturated heterocycles. The molecule has 2 aromatic carbocycles. The predicted octanol–water partition coefficient (Wildman–Crippen LogP) is 3.93. The second-order valence-electron chi connectivity index (χ2n) is 6.25. The van der Waals surface area contributed by atoms with Gasteiger partial charge in [-0.3, -0.25) is 4.79 Å². The summed E-state index contributed by atoms with van der Waals surface area (Å²) >= 11 is 6.12. The van der Waals surface area contributed by atoms with Crippen LogP contribution in [0.4, 0.5) is 17.1 Å². The fourth-order valence-electron chi connectivity index (χ4n) is 2.98. The number of carbonyl (C=O) groups is 1. The Morgan fingerprint density at radius 2 is 1.85 bits per heavy atom. The Kier molecular flexibility index (Phi) is 6.36. The molecule has 1 aliphatic rings. The van der Waals surface area contributed by atoms with E-state index in [1.165, 1.54) is 0 Å². The van der Waals surface area contributed by atoms with Crippen LogP contribution in [0.5, 0.6) is 0 Å². The lowest BCUT2D eigenvalue weighted by molar-refractivity contribution is -0.115. The van der Waals surface area contributed by atoms with Gasteiger partial charge in [-0.05, 0) is 36.8 Å². The molecule has 1 heterocycles. The molecule has 138 valence electrons. The van der Waals surface area contributed by atoms with Crippen LogP contribution in [0, 0.1) is 6.92 Å². The lowest BCUT2D eigenvalue weighted by atomic mass is 10.2. The first kappa shape index (κ1) is 18.5. The van der Waals surface area contributed by atoms with Gasteiger partial charge < -0.3 is 20.3 Å². The molecule has 0 radical (unpaired) electrons. The molecule has 2 N–H and O–H groups in total. The topological polar surface area (TPSA) is 53.6 Å². The second kappa shape index (κ2) is 8.92. The van der Waals surface area contributed by atoms with Crippen molar-refractivity contribution in [2.45, 2.75) is 13.3 Å². The normalized spacial score (nSPS) is 14.2. The van der Waals surface area contributed by atoms with E-state index < -0.39 is 0 Å². The van der Waals surface area contributed by atoms with E-state index in [4.69, 9.17) is 16.3 Å². The van der Waals surface area contributed by atoms with Crippen LogP contribution in [0.3, 0.4) is 0 Å². The fourth-order valence-corrected chi connectivity index (χ4v) is 3.16. The Bertz CT molecular complexity index is 760. The Morgan fingerprint density at radius 3 is 2.65 bits per heavy atom. The first-order valence-electron chi connectivity index (χ1n) is 8.85. The Labute approximate surface area is 159 Å². The van der Waals surface area contributed by atoms with Gasteiger partial charge in [-0.2, -0.15) is 0 Å². The van der Waals surface area contributed by atoms with E-state index in [-0.39, 0.29) is 5.91 Å². The number of hydrogen-bond donors (Lipinski definition) is 2. The number of para-hydroxylation sites is 2. The summed E-state index contributed by atoms with van der Waals surface area (Å²) in [5.74, 6) is -0.0158. The Hall–Kier alpha value is -2.24. The van der Waals surface area contributed by atoms with Crippen molar-refractivity contribution in [2.75, 3.05) is 48.4 Å². The van der Waals surface area contributed by atoms with E-state index in [1.807, 2.05) is 49.4 Å². The third-order valence-corrected chi connectivity index (χ3v) is 4.87. The van der Waals surface area contributed by atoms with Gasteiger partial charge >= 0.3 is 0 Å². The maximum Gasteiger partial charge on any atom is 0.226 e. The molecule has 0 bridgehead atoms. The van der Waals surface area contributed by atoms with Crippen LogP contribution in [0.15, 0.2) is 42.5 Å². The van der Waals surface area contributed by atoms with Crippen molar-refractivity contribution >= 4 is 34.6 Å². The summed E-state index contributed by atoms with van der Waals surface area (Å²) in [4.78, 5) is 14.6. The molecule has 5 nitrogen and oxygen atoms in total. The van der Waals surface area contributed by atoms with Crippen molar-refractivity contribution in [2.24, 2.45) is 0 Å². The van der Waals surface area contributed by atoms with E-state index in [9.17, 15) is 4.79 Å². The van der Waals surface area contributed by atoms with Gasteiger partial charge in [0.05, 0.1) is 24.6 Å². The molecule has 2 aromatic rings. The fraction of sp³-hybridized carbons (Fsp3) is 0.350. The summed E-state index contributed by atoms with van der Waals surface area (Å²) in [6, 6.07) is 13.6. The van der Waals surface area contributed by atoms with Crippen molar-refractivity contribution in [3.8, 4) is 0 Å². The van der Waals surface area contributed by atoms with Crippen LogP contribution in [0.1, 0.15) is 12.0 Å². The maximum absolute atomic E-state index is 12.4. The highest BCUT2D eigenvalue weighted by Crippen LogP contribution is 2.26. The molecule has 1 fully saturated rings. The highest BCUT2D eigenvalue weighted by Gasteiger charge is 2.15. The number of rotatable bonds is 6. The molecule has 6 heteroatoms. The number of hydrogen-bond acceptors (Lipinski definition) is 4. The van der Waals surface area contributed by atoms with Crippen molar-refractivity contribution in [1.82, 2.24) is 0 Å². The van der Waals surface area contributed by atoms with Crippen LogP contribution in [-0.4, -0.2) is 38.8 Å². The third-order valence-electron chi connectivity index (χ3n) is 4.47. The molecular weight excluding hydrogens is 350 g/mol. The number of carbonyl (C=O) groups excluding carboxylic acids is 1. The lowest BCUT2D eigenvalue weighted by Crippen LogP contribution is -2.36.